The fraction of sp³-hybridized carbons (Fsp3) is 0.158. The molecule has 1 aromatic carbocycles. The van der Waals surface area contributed by atoms with Gasteiger partial charge in [-0.05, 0) is 49.4 Å². The maximum absolute atomic E-state index is 12.2. The molecule has 134 valence electrons. The fourth-order valence-corrected chi connectivity index (χ4v) is 2.85. The third-order valence-electron chi connectivity index (χ3n) is 3.62. The zero-order chi connectivity index (χ0) is 18.7. The number of hydrogen-bond acceptors (Lipinski definition) is 4. The monoisotopic (exact) mass is 390 g/mol. The van der Waals surface area contributed by atoms with Crippen molar-refractivity contribution in [2.75, 3.05) is 0 Å². The van der Waals surface area contributed by atoms with Gasteiger partial charge in [0.25, 0.3) is 0 Å². The van der Waals surface area contributed by atoms with Crippen LogP contribution in [-0.2, 0) is 13.7 Å². The van der Waals surface area contributed by atoms with Crippen LogP contribution < -0.4 is 4.74 Å². The van der Waals surface area contributed by atoms with Crippen LogP contribution in [0, 0.1) is 6.92 Å². The zero-order valence-corrected chi connectivity index (χ0v) is 15.7. The van der Waals surface area contributed by atoms with Gasteiger partial charge in [-0.15, -0.1) is 0 Å². The largest absolute Gasteiger partial charge is 0.484 e. The summed E-state index contributed by atoms with van der Waals surface area (Å²) in [6, 6.07) is 8.56. The second-order valence-corrected chi connectivity index (χ2v) is 6.51. The van der Waals surface area contributed by atoms with Crippen LogP contribution >= 0.6 is 23.2 Å². The first-order chi connectivity index (χ1) is 12.4. The van der Waals surface area contributed by atoms with Crippen LogP contribution in [0.25, 0.3) is 6.08 Å². The van der Waals surface area contributed by atoms with Gasteiger partial charge in [0.15, 0.2) is 5.78 Å². The molecule has 0 aliphatic rings. The number of aromatic nitrogens is 2. The van der Waals surface area contributed by atoms with Gasteiger partial charge >= 0.3 is 0 Å². The number of nitrogens with zero attached hydrogens (tertiary/aromatic N) is 2. The molecular weight excluding hydrogens is 375 g/mol. The number of rotatable bonds is 6. The van der Waals surface area contributed by atoms with Crippen LogP contribution in [0.5, 0.6) is 5.75 Å². The van der Waals surface area contributed by atoms with Gasteiger partial charge in [-0.25, -0.2) is 0 Å². The number of allylic oxidation sites excluding steroid dienone is 1. The van der Waals surface area contributed by atoms with E-state index in [9.17, 15) is 4.79 Å². The topological polar surface area (TPSA) is 57.3 Å². The minimum atomic E-state index is -0.127. The van der Waals surface area contributed by atoms with E-state index in [1.807, 2.05) is 0 Å². The lowest BCUT2D eigenvalue weighted by Crippen LogP contribution is -1.94. The van der Waals surface area contributed by atoms with Gasteiger partial charge in [0.05, 0.1) is 16.3 Å². The molecule has 3 rings (SSSR count). The molecule has 0 aliphatic carbocycles. The Bertz CT molecular complexity index is 973. The summed E-state index contributed by atoms with van der Waals surface area (Å²) in [6.07, 6.45) is 4.77. The lowest BCUT2D eigenvalue weighted by atomic mass is 10.1. The van der Waals surface area contributed by atoms with Gasteiger partial charge in [-0.1, -0.05) is 23.2 Å². The molecule has 3 aromatic rings. The lowest BCUT2D eigenvalue weighted by molar-refractivity contribution is 0.104. The summed E-state index contributed by atoms with van der Waals surface area (Å²) in [6.45, 7) is 2.01. The van der Waals surface area contributed by atoms with Gasteiger partial charge in [0.1, 0.15) is 23.9 Å². The Morgan fingerprint density at radius 3 is 2.81 bits per heavy atom. The molecular formula is C19H16Cl2N2O3. The van der Waals surface area contributed by atoms with E-state index in [0.29, 0.717) is 38.6 Å². The standard InChI is InChI=1S/C19H16Cl2N2O3/c1-12-16(10-23(2)22-12)18(24)7-6-14-4-5-15(26-14)11-25-19-8-3-13(20)9-17(19)21/h3-10H,11H2,1-2H3. The summed E-state index contributed by atoms with van der Waals surface area (Å²) in [5, 5.41) is 5.13. The molecule has 0 radical (unpaired) electrons. The van der Waals surface area contributed by atoms with Crippen molar-refractivity contribution in [1.82, 2.24) is 9.78 Å². The maximum atomic E-state index is 12.2. The molecule has 0 saturated heterocycles. The van der Waals surface area contributed by atoms with E-state index in [1.54, 1.807) is 61.3 Å². The highest BCUT2D eigenvalue weighted by Crippen LogP contribution is 2.28. The number of ether oxygens (including phenoxy) is 1. The van der Waals surface area contributed by atoms with Crippen LogP contribution in [0.2, 0.25) is 10.0 Å². The first-order valence-corrected chi connectivity index (χ1v) is 8.57. The van der Waals surface area contributed by atoms with Gasteiger partial charge in [-0.3, -0.25) is 9.48 Å². The van der Waals surface area contributed by atoms with Gasteiger partial charge < -0.3 is 9.15 Å². The highest BCUT2D eigenvalue weighted by molar-refractivity contribution is 6.35. The molecule has 0 bridgehead atoms. The number of aryl methyl sites for hydroxylation is 2. The summed E-state index contributed by atoms with van der Waals surface area (Å²) < 4.78 is 12.9. The summed E-state index contributed by atoms with van der Waals surface area (Å²) >= 11 is 11.9. The molecule has 0 saturated carbocycles. The van der Waals surface area contributed by atoms with Crippen molar-refractivity contribution >= 4 is 35.1 Å². The number of benzene rings is 1. The van der Waals surface area contributed by atoms with Crippen molar-refractivity contribution in [3.63, 3.8) is 0 Å². The van der Waals surface area contributed by atoms with Crippen molar-refractivity contribution < 1.29 is 13.9 Å². The van der Waals surface area contributed by atoms with Crippen molar-refractivity contribution in [2.45, 2.75) is 13.5 Å². The quantitative estimate of drug-likeness (QED) is 0.433. The smallest absolute Gasteiger partial charge is 0.189 e. The molecule has 0 fully saturated rings. The SMILES string of the molecule is Cc1nn(C)cc1C(=O)C=Cc1ccc(COc2ccc(Cl)cc2Cl)o1. The van der Waals surface area contributed by atoms with Crippen molar-refractivity contribution in [3.8, 4) is 5.75 Å². The predicted molar refractivity (Wildman–Crippen MR) is 101 cm³/mol. The van der Waals surface area contributed by atoms with Crippen LogP contribution in [0.15, 0.2) is 47.0 Å². The number of carbonyl (C=O) groups excluding carboxylic acids is 1. The normalized spacial score (nSPS) is 11.2. The third kappa shape index (κ3) is 4.36. The van der Waals surface area contributed by atoms with Gasteiger partial charge in [-0.2, -0.15) is 5.10 Å². The molecule has 0 aliphatic heterocycles. The highest BCUT2D eigenvalue weighted by atomic mass is 35.5. The van der Waals surface area contributed by atoms with Gasteiger partial charge in [0.2, 0.25) is 0 Å². The van der Waals surface area contributed by atoms with Crippen LogP contribution in [0.4, 0.5) is 0 Å². The average Bonchev–Trinajstić information content (AvgIpc) is 3.18. The first-order valence-electron chi connectivity index (χ1n) is 7.81. The lowest BCUT2D eigenvalue weighted by Gasteiger charge is -2.06. The minimum absolute atomic E-state index is 0.127. The molecule has 0 N–H and O–H groups in total. The van der Waals surface area contributed by atoms with Crippen LogP contribution in [0.3, 0.4) is 0 Å². The Hall–Kier alpha value is -2.50. The molecule has 2 aromatic heterocycles. The van der Waals surface area contributed by atoms with Crippen molar-refractivity contribution in [2.24, 2.45) is 7.05 Å². The number of halogens is 2. The van der Waals surface area contributed by atoms with Crippen LogP contribution in [-0.4, -0.2) is 15.6 Å². The summed E-state index contributed by atoms with van der Waals surface area (Å²) in [5.41, 5.74) is 1.26. The van der Waals surface area contributed by atoms with Crippen molar-refractivity contribution in [3.05, 3.63) is 75.4 Å². The number of carbonyl (C=O) groups is 1. The Kier molecular flexibility index (Phi) is 5.49. The number of furan rings is 1. The molecule has 0 unspecified atom stereocenters. The minimum Gasteiger partial charge on any atom is -0.484 e. The fourth-order valence-electron chi connectivity index (χ4n) is 2.39. The Morgan fingerprint density at radius 1 is 1.31 bits per heavy atom. The van der Waals surface area contributed by atoms with E-state index in [0.717, 1.165) is 0 Å². The van der Waals surface area contributed by atoms with E-state index in [2.05, 4.69) is 5.10 Å². The molecule has 0 amide bonds. The Morgan fingerprint density at radius 2 is 2.12 bits per heavy atom. The molecule has 2 heterocycles. The first kappa shape index (κ1) is 18.3. The second-order valence-electron chi connectivity index (χ2n) is 5.67. The maximum Gasteiger partial charge on any atom is 0.189 e. The summed E-state index contributed by atoms with van der Waals surface area (Å²) in [7, 11) is 1.78. The van der Waals surface area contributed by atoms with E-state index in [4.69, 9.17) is 32.4 Å². The third-order valence-corrected chi connectivity index (χ3v) is 4.15. The molecule has 0 atom stereocenters. The van der Waals surface area contributed by atoms with Crippen LogP contribution in [0.1, 0.15) is 27.6 Å². The Labute approximate surface area is 160 Å². The van der Waals surface area contributed by atoms with E-state index in [1.165, 1.54) is 6.08 Å². The molecule has 26 heavy (non-hydrogen) atoms. The average molecular weight is 391 g/mol. The molecule has 0 spiro atoms. The predicted octanol–water partition coefficient (Wildman–Crippen LogP) is 5.10. The van der Waals surface area contributed by atoms with E-state index < -0.39 is 0 Å². The summed E-state index contributed by atoms with van der Waals surface area (Å²) in [5.74, 6) is 1.56. The van der Waals surface area contributed by atoms with Gasteiger partial charge in [0, 0.05) is 18.3 Å². The zero-order valence-electron chi connectivity index (χ0n) is 14.2. The highest BCUT2D eigenvalue weighted by Gasteiger charge is 2.10. The number of hydrogen-bond donors (Lipinski definition) is 0. The molecule has 7 heteroatoms. The number of ketones is 1. The summed E-state index contributed by atoms with van der Waals surface area (Å²) in [4.78, 5) is 12.2. The molecule has 5 nitrogen and oxygen atoms in total. The van der Waals surface area contributed by atoms with E-state index in [-0.39, 0.29) is 12.4 Å². The second kappa shape index (κ2) is 7.81. The Balaban J connectivity index is 1.62. The van der Waals surface area contributed by atoms with Crippen molar-refractivity contribution in [1.29, 1.82) is 0 Å². The van der Waals surface area contributed by atoms with E-state index >= 15 is 0 Å².